The van der Waals surface area contributed by atoms with Crippen LogP contribution in [0.1, 0.15) is 5.56 Å². The molecule has 0 fully saturated rings. The number of hydrogen-bond donors (Lipinski definition) is 2. The monoisotopic (exact) mass is 393 g/mol. The number of nitrogens with zero attached hydrogens (tertiary/aromatic N) is 3. The maximum absolute atomic E-state index is 12.1. The number of benzene rings is 2. The van der Waals surface area contributed by atoms with Crippen LogP contribution in [0.5, 0.6) is 0 Å². The summed E-state index contributed by atoms with van der Waals surface area (Å²) in [6, 6.07) is 12.2. The van der Waals surface area contributed by atoms with Gasteiger partial charge in [0, 0.05) is 11.1 Å². The molecule has 0 aliphatic heterocycles. The van der Waals surface area contributed by atoms with Crippen molar-refractivity contribution in [3.63, 3.8) is 0 Å². The van der Waals surface area contributed by atoms with Gasteiger partial charge in [0.25, 0.3) is 5.56 Å². The first-order chi connectivity index (χ1) is 12.1. The van der Waals surface area contributed by atoms with E-state index in [2.05, 4.69) is 25.7 Å². The third-order valence-electron chi connectivity index (χ3n) is 3.19. The summed E-state index contributed by atoms with van der Waals surface area (Å²) in [7, 11) is 0. The summed E-state index contributed by atoms with van der Waals surface area (Å²) in [5, 5.41) is 12.8. The second-order valence-corrected chi connectivity index (χ2v) is 6.04. The molecule has 0 saturated heterocycles. The molecule has 25 heavy (non-hydrogen) atoms. The minimum atomic E-state index is -0.391. The third kappa shape index (κ3) is 3.99. The lowest BCUT2D eigenvalue weighted by atomic mass is 10.2. The van der Waals surface area contributed by atoms with E-state index in [4.69, 9.17) is 34.8 Å². The minimum absolute atomic E-state index is 0.0789. The van der Waals surface area contributed by atoms with Gasteiger partial charge in [-0.3, -0.25) is 9.78 Å². The first-order valence-electron chi connectivity index (χ1n) is 7.01. The van der Waals surface area contributed by atoms with Gasteiger partial charge in [0.05, 0.1) is 21.3 Å². The maximum Gasteiger partial charge on any atom is 0.279 e. The van der Waals surface area contributed by atoms with Crippen molar-refractivity contribution < 1.29 is 0 Å². The quantitative estimate of drug-likeness (QED) is 0.394. The van der Waals surface area contributed by atoms with Crippen LogP contribution in [0.3, 0.4) is 0 Å². The number of halogens is 3. The van der Waals surface area contributed by atoms with E-state index in [0.717, 1.165) is 0 Å². The van der Waals surface area contributed by atoms with Gasteiger partial charge < -0.3 is 0 Å². The van der Waals surface area contributed by atoms with Crippen molar-refractivity contribution in [2.24, 2.45) is 5.10 Å². The summed E-state index contributed by atoms with van der Waals surface area (Å²) in [5.41, 5.74) is 3.51. The van der Waals surface area contributed by atoms with Gasteiger partial charge in [-0.25, -0.2) is 5.43 Å². The molecular formula is C16H10Cl3N5O. The van der Waals surface area contributed by atoms with E-state index >= 15 is 0 Å². The Morgan fingerprint density at radius 2 is 1.72 bits per heavy atom. The Hall–Kier alpha value is -2.41. The molecule has 6 nitrogen and oxygen atoms in total. The van der Waals surface area contributed by atoms with Gasteiger partial charge in [0.2, 0.25) is 5.95 Å². The summed E-state index contributed by atoms with van der Waals surface area (Å²) < 4.78 is 0. The Morgan fingerprint density at radius 3 is 2.44 bits per heavy atom. The first kappa shape index (κ1) is 17.4. The summed E-state index contributed by atoms with van der Waals surface area (Å²) >= 11 is 18.1. The summed E-state index contributed by atoms with van der Waals surface area (Å²) in [6.07, 6.45) is 1.38. The molecule has 3 rings (SSSR count). The highest BCUT2D eigenvalue weighted by Crippen LogP contribution is 2.30. The van der Waals surface area contributed by atoms with E-state index in [-0.39, 0.29) is 16.7 Å². The average Bonchev–Trinajstić information content (AvgIpc) is 2.62. The van der Waals surface area contributed by atoms with E-state index in [1.54, 1.807) is 24.3 Å². The molecule has 0 aliphatic carbocycles. The van der Waals surface area contributed by atoms with Crippen LogP contribution in [0.25, 0.3) is 11.3 Å². The number of hydrazone groups is 1. The summed E-state index contributed by atoms with van der Waals surface area (Å²) in [5.74, 6) is 0.0789. The van der Waals surface area contributed by atoms with Crippen LogP contribution >= 0.6 is 34.8 Å². The largest absolute Gasteiger partial charge is 0.288 e. The molecule has 0 aliphatic rings. The molecule has 0 amide bonds. The Morgan fingerprint density at radius 1 is 1.00 bits per heavy atom. The van der Waals surface area contributed by atoms with Gasteiger partial charge in [0.15, 0.2) is 5.69 Å². The van der Waals surface area contributed by atoms with E-state index in [1.165, 1.54) is 6.21 Å². The van der Waals surface area contributed by atoms with Crippen molar-refractivity contribution in [2.75, 3.05) is 5.43 Å². The van der Waals surface area contributed by atoms with Crippen LogP contribution in [-0.2, 0) is 0 Å². The zero-order chi connectivity index (χ0) is 17.8. The number of aromatic nitrogens is 3. The number of rotatable bonds is 4. The van der Waals surface area contributed by atoms with Gasteiger partial charge in [-0.2, -0.15) is 5.10 Å². The molecule has 0 atom stereocenters. The van der Waals surface area contributed by atoms with Gasteiger partial charge in [-0.05, 0) is 12.1 Å². The molecule has 3 aromatic rings. The number of aromatic amines is 1. The van der Waals surface area contributed by atoms with Crippen LogP contribution in [0.15, 0.2) is 52.4 Å². The topological polar surface area (TPSA) is 83.0 Å². The molecule has 9 heteroatoms. The number of H-pyrrole nitrogens is 1. The fourth-order valence-corrected chi connectivity index (χ4v) is 2.62. The van der Waals surface area contributed by atoms with Crippen LogP contribution in [0.2, 0.25) is 15.1 Å². The molecule has 0 bridgehead atoms. The highest BCUT2D eigenvalue weighted by Gasteiger charge is 2.08. The second kappa shape index (κ2) is 7.65. The Balaban J connectivity index is 1.80. The van der Waals surface area contributed by atoms with Crippen LogP contribution in [0, 0.1) is 0 Å². The number of anilines is 1. The van der Waals surface area contributed by atoms with Crippen molar-refractivity contribution in [3.05, 3.63) is 73.4 Å². The van der Waals surface area contributed by atoms with Crippen molar-refractivity contribution in [1.82, 2.24) is 15.2 Å². The van der Waals surface area contributed by atoms with Crippen LogP contribution in [0.4, 0.5) is 5.95 Å². The number of hydrogen-bond acceptors (Lipinski definition) is 5. The summed E-state index contributed by atoms with van der Waals surface area (Å²) in [4.78, 5) is 14.7. The molecule has 2 N–H and O–H groups in total. The molecule has 0 radical (unpaired) electrons. The average molecular weight is 395 g/mol. The zero-order valence-corrected chi connectivity index (χ0v) is 14.8. The molecule has 0 unspecified atom stereocenters. The lowest BCUT2D eigenvalue weighted by molar-refractivity contribution is 0.947. The third-order valence-corrected chi connectivity index (χ3v) is 4.34. The van der Waals surface area contributed by atoms with E-state index in [0.29, 0.717) is 21.2 Å². The van der Waals surface area contributed by atoms with Crippen molar-refractivity contribution in [2.45, 2.75) is 0 Å². The van der Waals surface area contributed by atoms with Gasteiger partial charge in [0.1, 0.15) is 0 Å². The Labute approximate surface area is 157 Å². The normalized spacial score (nSPS) is 11.0. The van der Waals surface area contributed by atoms with E-state index < -0.39 is 5.56 Å². The molecule has 126 valence electrons. The molecule has 0 saturated carbocycles. The molecule has 1 aromatic heterocycles. The van der Waals surface area contributed by atoms with Crippen molar-refractivity contribution in [3.8, 4) is 11.3 Å². The number of nitrogens with one attached hydrogen (secondary N) is 2. The fourth-order valence-electron chi connectivity index (χ4n) is 1.99. The lowest BCUT2D eigenvalue weighted by Gasteiger charge is -2.04. The molecule has 0 spiro atoms. The van der Waals surface area contributed by atoms with Gasteiger partial charge in [-0.15, -0.1) is 10.2 Å². The summed E-state index contributed by atoms with van der Waals surface area (Å²) in [6.45, 7) is 0. The minimum Gasteiger partial charge on any atom is -0.288 e. The highest BCUT2D eigenvalue weighted by molar-refractivity contribution is 6.45. The standard InChI is InChI=1S/C16H10Cl3N5O/c17-11-6-7-12(18)13(19)10(11)8-20-23-16-21-15(25)14(22-24-16)9-4-2-1-3-5-9/h1-8H,(H2,21,23,24,25)/b20-8+. The fraction of sp³-hybridized carbons (Fsp3) is 0. The SMILES string of the molecule is O=c1[nH]c(N/N=C/c2c(Cl)ccc(Cl)c2Cl)nnc1-c1ccccc1. The smallest absolute Gasteiger partial charge is 0.279 e. The van der Waals surface area contributed by atoms with Gasteiger partial charge >= 0.3 is 0 Å². The Kier molecular flexibility index (Phi) is 5.33. The zero-order valence-electron chi connectivity index (χ0n) is 12.5. The Bertz CT molecular complexity index is 989. The predicted molar refractivity (Wildman–Crippen MR) is 101 cm³/mol. The van der Waals surface area contributed by atoms with E-state index in [9.17, 15) is 4.79 Å². The van der Waals surface area contributed by atoms with Crippen LogP contribution in [-0.4, -0.2) is 21.4 Å². The predicted octanol–water partition coefficient (Wildman–Crippen LogP) is 4.24. The maximum atomic E-state index is 12.1. The second-order valence-electron chi connectivity index (χ2n) is 4.84. The molecule has 1 heterocycles. The van der Waals surface area contributed by atoms with Crippen LogP contribution < -0.4 is 11.0 Å². The van der Waals surface area contributed by atoms with Gasteiger partial charge in [-0.1, -0.05) is 65.1 Å². The molecular weight excluding hydrogens is 385 g/mol. The van der Waals surface area contributed by atoms with Crippen molar-refractivity contribution in [1.29, 1.82) is 0 Å². The highest BCUT2D eigenvalue weighted by atomic mass is 35.5. The van der Waals surface area contributed by atoms with Crippen molar-refractivity contribution >= 4 is 47.0 Å². The molecule has 2 aromatic carbocycles. The first-order valence-corrected chi connectivity index (χ1v) is 8.14. The van der Waals surface area contributed by atoms with E-state index in [1.807, 2.05) is 18.2 Å². The lowest BCUT2D eigenvalue weighted by Crippen LogP contribution is -2.15.